The summed E-state index contributed by atoms with van der Waals surface area (Å²) in [6, 6.07) is 0. The van der Waals surface area contributed by atoms with E-state index in [0.29, 0.717) is 0 Å². The Labute approximate surface area is 88.2 Å². The van der Waals surface area contributed by atoms with Crippen LogP contribution >= 0.6 is 11.8 Å². The molecule has 0 atom stereocenters. The number of hydrogen-bond acceptors (Lipinski definition) is 3. The first-order valence-electron chi connectivity index (χ1n) is 4.13. The lowest BCUT2D eigenvalue weighted by atomic mass is 10.3. The number of nitrogens with zero attached hydrogens (tertiary/aromatic N) is 1. The van der Waals surface area contributed by atoms with E-state index < -0.39 is 5.51 Å². The van der Waals surface area contributed by atoms with Gasteiger partial charge in [-0.15, -0.1) is 0 Å². The summed E-state index contributed by atoms with van der Waals surface area (Å²) in [4.78, 5) is 23.1. The number of carbonyl (C=O) groups is 2. The molecule has 0 aromatic heterocycles. The van der Waals surface area contributed by atoms with Gasteiger partial charge in [0.1, 0.15) is 0 Å². The Bertz CT molecular complexity index is 269. The highest BCUT2D eigenvalue weighted by Gasteiger charge is 2.29. The number of halogens is 3. The fraction of sp³-hybridized carbons (Fsp3) is 0.714. The van der Waals surface area contributed by atoms with Crippen LogP contribution in [0.25, 0.3) is 0 Å². The lowest BCUT2D eigenvalue weighted by Gasteiger charge is -2.26. The fourth-order valence-corrected chi connectivity index (χ4v) is 1.62. The molecule has 1 heterocycles. The summed E-state index contributed by atoms with van der Waals surface area (Å²) in [6.45, 7) is -0.344. The minimum atomic E-state index is -4.29. The standard InChI is InChI=1S/C7H9F3N2O2S/c8-7(9,10)15-2-1-12-4-5(13)11-3-6(12)14/h1-4H2,(H,11,13). The molecule has 2 amide bonds. The smallest absolute Gasteiger partial charge is 0.345 e. The number of rotatable bonds is 3. The molecule has 0 unspecified atom stereocenters. The van der Waals surface area contributed by atoms with Crippen LogP contribution in [-0.4, -0.2) is 47.6 Å². The van der Waals surface area contributed by atoms with Gasteiger partial charge in [0.15, 0.2) is 0 Å². The van der Waals surface area contributed by atoms with Crippen LogP contribution in [0, 0.1) is 0 Å². The highest BCUT2D eigenvalue weighted by molar-refractivity contribution is 8.00. The maximum atomic E-state index is 11.8. The fourth-order valence-electron chi connectivity index (χ4n) is 1.08. The summed E-state index contributed by atoms with van der Waals surface area (Å²) >= 11 is -0.195. The van der Waals surface area contributed by atoms with E-state index in [1.54, 1.807) is 0 Å². The topological polar surface area (TPSA) is 49.4 Å². The first-order chi connectivity index (χ1) is 6.88. The molecular weight excluding hydrogens is 233 g/mol. The van der Waals surface area contributed by atoms with Gasteiger partial charge in [-0.2, -0.15) is 13.2 Å². The van der Waals surface area contributed by atoms with Gasteiger partial charge in [0.25, 0.3) is 0 Å². The molecule has 1 rings (SSSR count). The van der Waals surface area contributed by atoms with Crippen LogP contribution in [0.4, 0.5) is 13.2 Å². The van der Waals surface area contributed by atoms with Crippen molar-refractivity contribution in [2.24, 2.45) is 0 Å². The quantitative estimate of drug-likeness (QED) is 0.769. The second-order valence-electron chi connectivity index (χ2n) is 2.89. The minimum absolute atomic E-state index is 0.0591. The Hall–Kier alpha value is -0.920. The number of thioether (sulfide) groups is 1. The second kappa shape index (κ2) is 4.73. The van der Waals surface area contributed by atoms with Gasteiger partial charge in [0, 0.05) is 12.3 Å². The molecule has 0 bridgehead atoms. The number of amides is 2. The van der Waals surface area contributed by atoms with E-state index in [2.05, 4.69) is 5.32 Å². The zero-order valence-electron chi connectivity index (χ0n) is 7.63. The van der Waals surface area contributed by atoms with Gasteiger partial charge in [-0.1, -0.05) is 0 Å². The van der Waals surface area contributed by atoms with Crippen LogP contribution in [0.3, 0.4) is 0 Å². The van der Waals surface area contributed by atoms with Crippen LogP contribution in [0.15, 0.2) is 0 Å². The summed E-state index contributed by atoms with van der Waals surface area (Å²) in [5.41, 5.74) is -4.29. The molecule has 1 saturated heterocycles. The maximum absolute atomic E-state index is 11.8. The number of alkyl halides is 3. The molecule has 0 aromatic carbocycles. The highest BCUT2D eigenvalue weighted by Crippen LogP contribution is 2.29. The minimum Gasteiger partial charge on any atom is -0.345 e. The van der Waals surface area contributed by atoms with Crippen LogP contribution in [0.2, 0.25) is 0 Å². The number of piperazine rings is 1. The molecule has 1 aliphatic rings. The van der Waals surface area contributed by atoms with Crippen molar-refractivity contribution in [1.82, 2.24) is 10.2 Å². The van der Waals surface area contributed by atoms with Crippen LogP contribution < -0.4 is 5.32 Å². The average Bonchev–Trinajstić information content (AvgIpc) is 2.09. The van der Waals surface area contributed by atoms with Crippen molar-refractivity contribution >= 4 is 23.6 Å². The molecule has 4 nitrogen and oxygen atoms in total. The molecule has 0 aromatic rings. The molecular formula is C7H9F3N2O2S. The zero-order chi connectivity index (χ0) is 11.5. The Morgan fingerprint density at radius 2 is 2.07 bits per heavy atom. The highest BCUT2D eigenvalue weighted by atomic mass is 32.2. The number of hydrogen-bond donors (Lipinski definition) is 1. The van der Waals surface area contributed by atoms with Crippen molar-refractivity contribution < 1.29 is 22.8 Å². The molecule has 0 aliphatic carbocycles. The van der Waals surface area contributed by atoms with Crippen molar-refractivity contribution in [2.45, 2.75) is 5.51 Å². The Balaban J connectivity index is 2.31. The van der Waals surface area contributed by atoms with E-state index in [4.69, 9.17) is 0 Å². The van der Waals surface area contributed by atoms with Crippen molar-refractivity contribution in [3.63, 3.8) is 0 Å². The van der Waals surface area contributed by atoms with Gasteiger partial charge in [-0.3, -0.25) is 9.59 Å². The van der Waals surface area contributed by atoms with E-state index >= 15 is 0 Å². The van der Waals surface area contributed by atoms with Gasteiger partial charge in [-0.25, -0.2) is 0 Å². The van der Waals surface area contributed by atoms with Crippen molar-refractivity contribution in [2.75, 3.05) is 25.4 Å². The summed E-state index contributed by atoms with van der Waals surface area (Å²) < 4.78 is 35.3. The Kier molecular flexibility index (Phi) is 3.83. The predicted octanol–water partition coefficient (Wildman–Crippen LogP) is 0.198. The summed E-state index contributed by atoms with van der Waals surface area (Å²) in [7, 11) is 0. The predicted molar refractivity (Wildman–Crippen MR) is 48.1 cm³/mol. The lowest BCUT2D eigenvalue weighted by Crippen LogP contribution is -2.52. The van der Waals surface area contributed by atoms with E-state index in [9.17, 15) is 22.8 Å². The van der Waals surface area contributed by atoms with Crippen LogP contribution in [-0.2, 0) is 9.59 Å². The number of carbonyl (C=O) groups excluding carboxylic acids is 2. The van der Waals surface area contributed by atoms with Crippen LogP contribution in [0.5, 0.6) is 0 Å². The van der Waals surface area contributed by atoms with Gasteiger partial charge >= 0.3 is 5.51 Å². The number of nitrogens with one attached hydrogen (secondary N) is 1. The Morgan fingerprint density at radius 1 is 1.40 bits per heavy atom. The molecule has 8 heteroatoms. The van der Waals surface area contributed by atoms with Crippen molar-refractivity contribution in [3.8, 4) is 0 Å². The van der Waals surface area contributed by atoms with E-state index in [1.165, 1.54) is 0 Å². The summed E-state index contributed by atoms with van der Waals surface area (Å²) in [6.07, 6.45) is 0. The average molecular weight is 242 g/mol. The molecule has 1 fully saturated rings. The summed E-state index contributed by atoms with van der Waals surface area (Å²) in [5, 5.41) is 2.31. The molecule has 15 heavy (non-hydrogen) atoms. The lowest BCUT2D eigenvalue weighted by molar-refractivity contribution is -0.140. The molecule has 0 saturated carbocycles. The Morgan fingerprint density at radius 3 is 2.67 bits per heavy atom. The molecule has 0 spiro atoms. The monoisotopic (exact) mass is 242 g/mol. The largest absolute Gasteiger partial charge is 0.441 e. The first kappa shape index (κ1) is 12.2. The third-order valence-electron chi connectivity index (χ3n) is 1.75. The summed E-state index contributed by atoms with van der Waals surface area (Å²) in [5.74, 6) is -0.938. The second-order valence-corrected chi connectivity index (χ2v) is 4.05. The van der Waals surface area contributed by atoms with Crippen molar-refractivity contribution in [3.05, 3.63) is 0 Å². The zero-order valence-corrected chi connectivity index (χ0v) is 8.45. The van der Waals surface area contributed by atoms with E-state index in [1.807, 2.05) is 0 Å². The molecule has 0 radical (unpaired) electrons. The molecule has 1 N–H and O–H groups in total. The third kappa shape index (κ3) is 4.41. The van der Waals surface area contributed by atoms with Gasteiger partial charge in [0.2, 0.25) is 11.8 Å². The molecule has 1 aliphatic heterocycles. The van der Waals surface area contributed by atoms with Crippen molar-refractivity contribution in [1.29, 1.82) is 0 Å². The van der Waals surface area contributed by atoms with Gasteiger partial charge < -0.3 is 10.2 Å². The van der Waals surface area contributed by atoms with Crippen LogP contribution in [0.1, 0.15) is 0 Å². The maximum Gasteiger partial charge on any atom is 0.441 e. The molecule has 86 valence electrons. The normalized spacial score (nSPS) is 17.9. The first-order valence-corrected chi connectivity index (χ1v) is 5.12. The van der Waals surface area contributed by atoms with Gasteiger partial charge in [-0.05, 0) is 11.8 Å². The third-order valence-corrected chi connectivity index (χ3v) is 2.46. The van der Waals surface area contributed by atoms with E-state index in [0.717, 1.165) is 4.90 Å². The van der Waals surface area contributed by atoms with Gasteiger partial charge in [0.05, 0.1) is 13.1 Å². The van der Waals surface area contributed by atoms with E-state index in [-0.39, 0.29) is 49.0 Å². The SMILES string of the molecule is O=C1CN(CCSC(F)(F)F)C(=O)CN1.